The van der Waals surface area contributed by atoms with E-state index in [1.807, 2.05) is 24.3 Å². The van der Waals surface area contributed by atoms with Gasteiger partial charge in [0.2, 0.25) is 5.91 Å². The molecule has 0 fully saturated rings. The number of hydrogen-bond acceptors (Lipinski definition) is 6. The third kappa shape index (κ3) is 2.92. The van der Waals surface area contributed by atoms with Crippen molar-refractivity contribution < 1.29 is 9.32 Å². The first-order valence-electron chi connectivity index (χ1n) is 8.07. The van der Waals surface area contributed by atoms with Crippen molar-refractivity contribution in [3.05, 3.63) is 40.5 Å². The summed E-state index contributed by atoms with van der Waals surface area (Å²) in [6, 6.07) is 7.56. The third-order valence-electron chi connectivity index (χ3n) is 4.28. The van der Waals surface area contributed by atoms with Gasteiger partial charge in [-0.2, -0.15) is 0 Å². The highest BCUT2D eigenvalue weighted by atomic mass is 32.1. The Morgan fingerprint density at radius 3 is 3.17 bits per heavy atom. The van der Waals surface area contributed by atoms with E-state index in [4.69, 9.17) is 4.52 Å². The fourth-order valence-corrected chi connectivity index (χ4v) is 4.02. The van der Waals surface area contributed by atoms with Gasteiger partial charge < -0.3 is 9.84 Å². The zero-order valence-corrected chi connectivity index (χ0v) is 14.2. The molecule has 3 heterocycles. The van der Waals surface area contributed by atoms with Gasteiger partial charge in [-0.25, -0.2) is 4.98 Å². The Labute approximate surface area is 143 Å². The molecule has 0 spiro atoms. The fraction of sp³-hybridized carbons (Fsp3) is 0.353. The quantitative estimate of drug-likeness (QED) is 0.789. The number of fused-ring (bicyclic) bond motifs is 2. The molecule has 24 heavy (non-hydrogen) atoms. The van der Waals surface area contributed by atoms with E-state index >= 15 is 0 Å². The van der Waals surface area contributed by atoms with Gasteiger partial charge in [0, 0.05) is 29.8 Å². The van der Waals surface area contributed by atoms with Crippen LogP contribution in [0, 0.1) is 0 Å². The van der Waals surface area contributed by atoms with Gasteiger partial charge in [0.25, 0.3) is 0 Å². The summed E-state index contributed by atoms with van der Waals surface area (Å²) in [5.74, 6) is -0.118. The number of aromatic nitrogens is 2. The van der Waals surface area contributed by atoms with Crippen molar-refractivity contribution in [1.82, 2.24) is 15.0 Å². The zero-order valence-electron chi connectivity index (χ0n) is 13.4. The molecular weight excluding hydrogens is 324 g/mol. The number of benzene rings is 1. The molecule has 1 aliphatic heterocycles. The molecule has 1 amide bonds. The summed E-state index contributed by atoms with van der Waals surface area (Å²) in [6.45, 7) is 5.16. The summed E-state index contributed by atoms with van der Waals surface area (Å²) in [5.41, 5.74) is 2.47. The maximum absolute atomic E-state index is 12.3. The number of amides is 1. The second-order valence-electron chi connectivity index (χ2n) is 5.86. The average Bonchev–Trinajstić information content (AvgIpc) is 3.17. The lowest BCUT2D eigenvalue weighted by molar-refractivity contribution is -0.115. The molecule has 0 bridgehead atoms. The van der Waals surface area contributed by atoms with Crippen molar-refractivity contribution in [3.63, 3.8) is 0 Å². The van der Waals surface area contributed by atoms with E-state index in [0.717, 1.165) is 37.1 Å². The van der Waals surface area contributed by atoms with Crippen LogP contribution < -0.4 is 5.32 Å². The Morgan fingerprint density at radius 2 is 2.29 bits per heavy atom. The summed E-state index contributed by atoms with van der Waals surface area (Å²) < 4.78 is 5.24. The first kappa shape index (κ1) is 15.3. The van der Waals surface area contributed by atoms with Crippen LogP contribution in [0.3, 0.4) is 0 Å². The minimum absolute atomic E-state index is 0.118. The Kier molecular flexibility index (Phi) is 4.03. The van der Waals surface area contributed by atoms with Crippen molar-refractivity contribution in [2.75, 3.05) is 18.4 Å². The van der Waals surface area contributed by atoms with E-state index in [1.165, 1.54) is 4.88 Å². The van der Waals surface area contributed by atoms with Crippen molar-refractivity contribution in [3.8, 4) is 0 Å². The second-order valence-corrected chi connectivity index (χ2v) is 6.94. The normalized spacial score (nSPS) is 14.7. The molecule has 1 N–H and O–H groups in total. The molecule has 1 aromatic carbocycles. The summed E-state index contributed by atoms with van der Waals surface area (Å²) in [4.78, 5) is 20.5. The second kappa shape index (κ2) is 6.33. The lowest BCUT2D eigenvalue weighted by atomic mass is 10.2. The van der Waals surface area contributed by atoms with Crippen LogP contribution in [-0.2, 0) is 24.2 Å². The van der Waals surface area contributed by atoms with E-state index in [-0.39, 0.29) is 12.3 Å². The van der Waals surface area contributed by atoms with Crippen LogP contribution >= 0.6 is 11.3 Å². The molecule has 3 aromatic rings. The monoisotopic (exact) mass is 342 g/mol. The molecule has 4 rings (SSSR count). The summed E-state index contributed by atoms with van der Waals surface area (Å²) in [5, 5.41) is 8.46. The SMILES string of the molecule is CCN1CCc2nc(NC(=O)Cc3noc4ccccc34)sc2C1. The minimum Gasteiger partial charge on any atom is -0.356 e. The molecule has 0 aliphatic carbocycles. The average molecular weight is 342 g/mol. The van der Waals surface area contributed by atoms with Crippen molar-refractivity contribution >= 4 is 33.3 Å². The molecule has 0 saturated carbocycles. The largest absolute Gasteiger partial charge is 0.356 e. The van der Waals surface area contributed by atoms with Crippen LogP contribution in [0.25, 0.3) is 11.0 Å². The third-order valence-corrected chi connectivity index (χ3v) is 5.28. The number of anilines is 1. The van der Waals surface area contributed by atoms with Gasteiger partial charge in [-0.05, 0) is 18.7 Å². The lowest BCUT2D eigenvalue weighted by Gasteiger charge is -2.23. The van der Waals surface area contributed by atoms with Gasteiger partial charge in [-0.3, -0.25) is 9.69 Å². The first-order chi connectivity index (χ1) is 11.7. The number of carbonyl (C=O) groups is 1. The van der Waals surface area contributed by atoms with E-state index in [2.05, 4.69) is 27.3 Å². The molecule has 124 valence electrons. The predicted octanol–water partition coefficient (Wildman–Crippen LogP) is 2.84. The van der Waals surface area contributed by atoms with Gasteiger partial charge >= 0.3 is 0 Å². The van der Waals surface area contributed by atoms with Gasteiger partial charge in [0.1, 0.15) is 5.69 Å². The molecule has 2 aromatic heterocycles. The van der Waals surface area contributed by atoms with Crippen LogP contribution in [0.1, 0.15) is 23.2 Å². The highest BCUT2D eigenvalue weighted by Crippen LogP contribution is 2.28. The van der Waals surface area contributed by atoms with E-state index in [9.17, 15) is 4.79 Å². The number of carbonyl (C=O) groups excluding carboxylic acids is 1. The van der Waals surface area contributed by atoms with Gasteiger partial charge in [-0.15, -0.1) is 11.3 Å². The Bertz CT molecular complexity index is 886. The Hall–Kier alpha value is -2.25. The molecule has 1 aliphatic rings. The highest BCUT2D eigenvalue weighted by Gasteiger charge is 2.21. The van der Waals surface area contributed by atoms with Crippen molar-refractivity contribution in [1.29, 1.82) is 0 Å². The molecule has 0 saturated heterocycles. The Balaban J connectivity index is 1.46. The van der Waals surface area contributed by atoms with Crippen LogP contribution in [0.5, 0.6) is 0 Å². The van der Waals surface area contributed by atoms with E-state index in [0.29, 0.717) is 16.4 Å². The van der Waals surface area contributed by atoms with Crippen LogP contribution in [0.15, 0.2) is 28.8 Å². The van der Waals surface area contributed by atoms with E-state index in [1.54, 1.807) is 11.3 Å². The van der Waals surface area contributed by atoms with Crippen molar-refractivity contribution in [2.24, 2.45) is 0 Å². The minimum atomic E-state index is -0.118. The molecular formula is C17H18N4O2S. The van der Waals surface area contributed by atoms with E-state index < -0.39 is 0 Å². The standard InChI is InChI=1S/C17H18N4O2S/c1-2-21-8-7-12-15(10-21)24-17(18-12)19-16(22)9-13-11-5-3-4-6-14(11)23-20-13/h3-6H,2,7-10H2,1H3,(H,18,19,22). The molecule has 0 unspecified atom stereocenters. The van der Waals surface area contributed by atoms with Gasteiger partial charge in [0.05, 0.1) is 12.1 Å². The maximum atomic E-state index is 12.3. The summed E-state index contributed by atoms with van der Waals surface area (Å²) >= 11 is 1.57. The molecule has 7 heteroatoms. The maximum Gasteiger partial charge on any atom is 0.232 e. The summed E-state index contributed by atoms with van der Waals surface area (Å²) in [7, 11) is 0. The number of nitrogens with zero attached hydrogens (tertiary/aromatic N) is 3. The number of nitrogens with one attached hydrogen (secondary N) is 1. The first-order valence-corrected chi connectivity index (χ1v) is 8.88. The number of para-hydroxylation sites is 1. The smallest absolute Gasteiger partial charge is 0.232 e. The Morgan fingerprint density at radius 1 is 1.42 bits per heavy atom. The van der Waals surface area contributed by atoms with Crippen molar-refractivity contribution in [2.45, 2.75) is 26.3 Å². The van der Waals surface area contributed by atoms with Gasteiger partial charge in [0.15, 0.2) is 10.7 Å². The predicted molar refractivity (Wildman–Crippen MR) is 93.1 cm³/mol. The number of likely N-dealkylation sites (N-methyl/N-ethyl adjacent to an activating group) is 1. The number of thiazole rings is 1. The van der Waals surface area contributed by atoms with Gasteiger partial charge in [-0.1, -0.05) is 24.2 Å². The molecule has 0 atom stereocenters. The number of hydrogen-bond donors (Lipinski definition) is 1. The summed E-state index contributed by atoms with van der Waals surface area (Å²) in [6.07, 6.45) is 1.13. The van der Waals surface area contributed by atoms with Crippen LogP contribution in [0.2, 0.25) is 0 Å². The van der Waals surface area contributed by atoms with Crippen LogP contribution in [0.4, 0.5) is 5.13 Å². The highest BCUT2D eigenvalue weighted by molar-refractivity contribution is 7.15. The topological polar surface area (TPSA) is 71.3 Å². The lowest BCUT2D eigenvalue weighted by Crippen LogP contribution is -2.29. The fourth-order valence-electron chi connectivity index (χ4n) is 2.95. The number of rotatable bonds is 4. The molecule has 0 radical (unpaired) electrons. The molecule has 6 nitrogen and oxygen atoms in total. The van der Waals surface area contributed by atoms with Crippen LogP contribution in [-0.4, -0.2) is 34.0 Å². The zero-order chi connectivity index (χ0) is 16.5.